The van der Waals surface area contributed by atoms with Gasteiger partial charge in [-0.25, -0.2) is 0 Å². The quantitative estimate of drug-likeness (QED) is 0.831. The van der Waals surface area contributed by atoms with Crippen LogP contribution in [-0.4, -0.2) is 40.6 Å². The molecular weight excluding hydrogens is 268 g/mol. The lowest BCUT2D eigenvalue weighted by Gasteiger charge is -2.18. The first-order chi connectivity index (χ1) is 10.2. The van der Waals surface area contributed by atoms with Crippen LogP contribution in [0.25, 0.3) is 0 Å². The first-order valence-electron chi connectivity index (χ1n) is 6.89. The molecule has 2 rings (SSSR count). The summed E-state index contributed by atoms with van der Waals surface area (Å²) >= 11 is 0. The third kappa shape index (κ3) is 4.27. The second-order valence-electron chi connectivity index (χ2n) is 4.55. The van der Waals surface area contributed by atoms with E-state index in [2.05, 4.69) is 25.3 Å². The third-order valence-corrected chi connectivity index (χ3v) is 2.77. The van der Waals surface area contributed by atoms with Crippen molar-refractivity contribution in [2.24, 2.45) is 0 Å². The molecule has 0 aromatic carbocycles. The Morgan fingerprint density at radius 3 is 2.62 bits per heavy atom. The predicted octanol–water partition coefficient (Wildman–Crippen LogP) is 1.73. The Kier molecular flexibility index (Phi) is 5.25. The zero-order chi connectivity index (χ0) is 15.1. The molecule has 0 amide bonds. The van der Waals surface area contributed by atoms with E-state index >= 15 is 0 Å². The Hall–Kier alpha value is -2.44. The summed E-state index contributed by atoms with van der Waals surface area (Å²) < 4.78 is 5.50. The second kappa shape index (κ2) is 7.37. The van der Waals surface area contributed by atoms with Gasteiger partial charge in [0.1, 0.15) is 0 Å². The summed E-state index contributed by atoms with van der Waals surface area (Å²) in [5, 5.41) is 2.92. The number of pyridine rings is 1. The molecule has 0 bridgehead atoms. The van der Waals surface area contributed by atoms with E-state index in [0.29, 0.717) is 31.1 Å². The maximum Gasteiger partial charge on any atom is 0.323 e. The number of nitrogens with zero attached hydrogens (tertiary/aromatic N) is 5. The SMILES string of the molecule is CCCOc1nc(NC)nc(N(C)Cc2ccncc2)n1. The largest absolute Gasteiger partial charge is 0.463 e. The van der Waals surface area contributed by atoms with Gasteiger partial charge in [-0.1, -0.05) is 6.92 Å². The highest BCUT2D eigenvalue weighted by molar-refractivity contribution is 5.38. The van der Waals surface area contributed by atoms with Gasteiger partial charge in [-0.2, -0.15) is 15.0 Å². The van der Waals surface area contributed by atoms with E-state index in [1.54, 1.807) is 19.4 Å². The normalized spacial score (nSPS) is 10.2. The standard InChI is InChI=1S/C14H20N6O/c1-4-9-21-14-18-12(15-2)17-13(19-14)20(3)10-11-5-7-16-8-6-11/h5-8H,4,9-10H2,1-3H3,(H,15,17,18,19). The Labute approximate surface area is 124 Å². The molecule has 0 atom stereocenters. The highest BCUT2D eigenvalue weighted by atomic mass is 16.5. The first-order valence-corrected chi connectivity index (χ1v) is 6.89. The molecule has 7 nitrogen and oxygen atoms in total. The van der Waals surface area contributed by atoms with E-state index in [1.807, 2.05) is 31.0 Å². The highest BCUT2D eigenvalue weighted by Crippen LogP contribution is 2.15. The summed E-state index contributed by atoms with van der Waals surface area (Å²) in [5.41, 5.74) is 1.13. The molecule has 0 aliphatic rings. The molecule has 2 heterocycles. The molecule has 7 heteroatoms. The molecule has 2 aromatic rings. The van der Waals surface area contributed by atoms with Crippen molar-refractivity contribution < 1.29 is 4.74 Å². The minimum atomic E-state index is 0.341. The number of nitrogens with one attached hydrogen (secondary N) is 1. The van der Waals surface area contributed by atoms with Crippen LogP contribution in [0.15, 0.2) is 24.5 Å². The zero-order valence-electron chi connectivity index (χ0n) is 12.6. The summed E-state index contributed by atoms with van der Waals surface area (Å²) in [6.45, 7) is 3.31. The van der Waals surface area contributed by atoms with Crippen molar-refractivity contribution in [3.63, 3.8) is 0 Å². The van der Waals surface area contributed by atoms with Crippen LogP contribution in [0.2, 0.25) is 0 Å². The summed E-state index contributed by atoms with van der Waals surface area (Å²) in [5.74, 6) is 1.06. The van der Waals surface area contributed by atoms with E-state index in [1.165, 1.54) is 0 Å². The van der Waals surface area contributed by atoms with Crippen molar-refractivity contribution in [3.8, 4) is 6.01 Å². The van der Waals surface area contributed by atoms with Gasteiger partial charge in [-0.15, -0.1) is 0 Å². The summed E-state index contributed by atoms with van der Waals surface area (Å²) in [6, 6.07) is 4.27. The fourth-order valence-electron chi connectivity index (χ4n) is 1.72. The average molecular weight is 288 g/mol. The Morgan fingerprint density at radius 2 is 1.95 bits per heavy atom. The summed E-state index contributed by atoms with van der Waals surface area (Å²) in [6.07, 6.45) is 4.44. The maximum atomic E-state index is 5.50. The molecule has 21 heavy (non-hydrogen) atoms. The molecule has 0 spiro atoms. The summed E-state index contributed by atoms with van der Waals surface area (Å²) in [4.78, 5) is 18.8. The Balaban J connectivity index is 2.16. The third-order valence-electron chi connectivity index (χ3n) is 2.77. The van der Waals surface area contributed by atoms with Gasteiger partial charge in [0, 0.05) is 33.0 Å². The number of rotatable bonds is 7. The Morgan fingerprint density at radius 1 is 1.19 bits per heavy atom. The van der Waals surface area contributed by atoms with Gasteiger partial charge in [0.2, 0.25) is 11.9 Å². The van der Waals surface area contributed by atoms with Crippen molar-refractivity contribution in [1.82, 2.24) is 19.9 Å². The van der Waals surface area contributed by atoms with Gasteiger partial charge in [0.05, 0.1) is 6.61 Å². The van der Waals surface area contributed by atoms with Gasteiger partial charge in [-0.05, 0) is 24.1 Å². The van der Waals surface area contributed by atoms with E-state index < -0.39 is 0 Å². The maximum absolute atomic E-state index is 5.50. The van der Waals surface area contributed by atoms with Crippen molar-refractivity contribution in [2.75, 3.05) is 30.9 Å². The molecule has 0 radical (unpaired) electrons. The summed E-state index contributed by atoms with van der Waals surface area (Å²) in [7, 11) is 3.70. The van der Waals surface area contributed by atoms with Crippen molar-refractivity contribution in [3.05, 3.63) is 30.1 Å². The van der Waals surface area contributed by atoms with E-state index in [4.69, 9.17) is 4.74 Å². The number of aromatic nitrogens is 4. The second-order valence-corrected chi connectivity index (χ2v) is 4.55. The van der Waals surface area contributed by atoms with Gasteiger partial charge in [0.25, 0.3) is 0 Å². The van der Waals surface area contributed by atoms with Crippen LogP contribution in [0.1, 0.15) is 18.9 Å². The van der Waals surface area contributed by atoms with Gasteiger partial charge in [0.15, 0.2) is 0 Å². The van der Waals surface area contributed by atoms with Crippen LogP contribution in [0.4, 0.5) is 11.9 Å². The first kappa shape index (κ1) is 15.0. The van der Waals surface area contributed by atoms with Crippen molar-refractivity contribution in [1.29, 1.82) is 0 Å². The molecule has 0 saturated carbocycles. The number of hydrogen-bond donors (Lipinski definition) is 1. The fourth-order valence-corrected chi connectivity index (χ4v) is 1.72. The topological polar surface area (TPSA) is 76.1 Å². The van der Waals surface area contributed by atoms with Gasteiger partial charge in [-0.3, -0.25) is 4.98 Å². The average Bonchev–Trinajstić information content (AvgIpc) is 2.53. The fraction of sp³-hybridized carbons (Fsp3) is 0.429. The highest BCUT2D eigenvalue weighted by Gasteiger charge is 2.11. The number of ether oxygens (including phenoxy) is 1. The molecule has 112 valence electrons. The lowest BCUT2D eigenvalue weighted by molar-refractivity contribution is 0.292. The predicted molar refractivity (Wildman–Crippen MR) is 81.5 cm³/mol. The van der Waals surface area contributed by atoms with E-state index in [0.717, 1.165) is 12.0 Å². The van der Waals surface area contributed by atoms with Crippen molar-refractivity contribution >= 4 is 11.9 Å². The molecule has 2 aromatic heterocycles. The number of hydrogen-bond acceptors (Lipinski definition) is 7. The zero-order valence-corrected chi connectivity index (χ0v) is 12.6. The monoisotopic (exact) mass is 288 g/mol. The Bertz CT molecular complexity index is 563. The minimum absolute atomic E-state index is 0.341. The molecule has 0 aliphatic heterocycles. The minimum Gasteiger partial charge on any atom is -0.463 e. The van der Waals surface area contributed by atoms with Crippen LogP contribution in [0, 0.1) is 0 Å². The smallest absolute Gasteiger partial charge is 0.323 e. The van der Waals surface area contributed by atoms with Gasteiger partial charge >= 0.3 is 6.01 Å². The van der Waals surface area contributed by atoms with Gasteiger partial charge < -0.3 is 15.0 Å². The molecule has 0 fully saturated rings. The number of anilines is 2. The lowest BCUT2D eigenvalue weighted by Crippen LogP contribution is -2.20. The van der Waals surface area contributed by atoms with Crippen molar-refractivity contribution in [2.45, 2.75) is 19.9 Å². The molecule has 0 aliphatic carbocycles. The van der Waals surface area contributed by atoms with E-state index in [9.17, 15) is 0 Å². The van der Waals surface area contributed by atoms with Crippen LogP contribution in [0.5, 0.6) is 6.01 Å². The van der Waals surface area contributed by atoms with Crippen LogP contribution in [-0.2, 0) is 6.54 Å². The van der Waals surface area contributed by atoms with E-state index in [-0.39, 0.29) is 0 Å². The molecule has 0 saturated heterocycles. The van der Waals surface area contributed by atoms with Crippen LogP contribution in [0.3, 0.4) is 0 Å². The van der Waals surface area contributed by atoms with Crippen LogP contribution >= 0.6 is 0 Å². The molecule has 0 unspecified atom stereocenters. The molecular formula is C14H20N6O. The molecule has 1 N–H and O–H groups in total. The lowest BCUT2D eigenvalue weighted by atomic mass is 10.2. The van der Waals surface area contributed by atoms with Crippen LogP contribution < -0.4 is 15.0 Å².